The van der Waals surface area contributed by atoms with Gasteiger partial charge >= 0.3 is 11.9 Å². The van der Waals surface area contributed by atoms with E-state index >= 15 is 0 Å². The van der Waals surface area contributed by atoms with Crippen molar-refractivity contribution in [3.8, 4) is 0 Å². The summed E-state index contributed by atoms with van der Waals surface area (Å²) in [6.07, 6.45) is -11.6. The molecule has 0 amide bonds. The summed E-state index contributed by atoms with van der Waals surface area (Å²) < 4.78 is 60.3. The largest absolute Gasteiger partial charge is 0.459 e. The highest BCUT2D eigenvalue weighted by Crippen LogP contribution is 2.79. The zero-order chi connectivity index (χ0) is 51.3. The van der Waals surface area contributed by atoms with Crippen molar-refractivity contribution < 1.29 is 97.8 Å². The molecule has 0 aromatic rings. The van der Waals surface area contributed by atoms with Gasteiger partial charge in [0.05, 0.1) is 54.9 Å². The van der Waals surface area contributed by atoms with Crippen molar-refractivity contribution in [1.82, 2.24) is 0 Å². The number of ether oxygens (including phenoxy) is 10. The Morgan fingerprint density at radius 3 is 1.89 bits per heavy atom. The van der Waals surface area contributed by atoms with Gasteiger partial charge in [0.1, 0.15) is 55.4 Å². The standard InChI is InChI=1S/C51H80O20/c1-23-43(69-38-18-32(55)44(24(2)64-38)70-39-19-33(66-26(4)53)45(25(3)65-39)71-46-42(60)41(59)40(58)34(21-52)68-46)31(54)17-37(63-23)67-29-10-12-47(5)28(16-29)9-13-48(6)49(47,7)20-35(56)50(8)30(11-14-51(48,50)61)27-15-36(57)62-22-27/h15,23-25,28-35,37-46,52,54-56,58-61H,9-14,16-22H2,1-8H3/t23?,24?,25?,28-,29?,30-,31-,32-,33-,34?,35-,37?,38?,39?,40-,41-,42+,43-,44-,45-,46?,47+,48-,49-,50+,51+/m1/s1. The third-order valence-corrected chi connectivity index (χ3v) is 20.0. The fourth-order valence-electron chi connectivity index (χ4n) is 15.6. The molecule has 9 aliphatic rings. The Hall–Kier alpha value is -1.96. The molecule has 404 valence electrons. The molecule has 0 bridgehead atoms. The van der Waals surface area contributed by atoms with E-state index in [1.54, 1.807) is 19.9 Å². The summed E-state index contributed by atoms with van der Waals surface area (Å²) in [6.45, 7) is 14.8. The maximum absolute atomic E-state index is 13.1. The van der Waals surface area contributed by atoms with Crippen LogP contribution in [-0.2, 0) is 57.0 Å². The van der Waals surface area contributed by atoms with Crippen LogP contribution in [0, 0.1) is 33.5 Å². The average Bonchev–Trinajstić information content (AvgIpc) is 3.86. The maximum atomic E-state index is 13.1. The van der Waals surface area contributed by atoms with E-state index in [4.69, 9.17) is 47.4 Å². The van der Waals surface area contributed by atoms with Gasteiger partial charge in [-0.05, 0) is 100 Å². The number of aliphatic hydroxyl groups is 8. The summed E-state index contributed by atoms with van der Waals surface area (Å²) in [5, 5.41) is 88.9. The van der Waals surface area contributed by atoms with Crippen molar-refractivity contribution in [2.45, 2.75) is 248 Å². The summed E-state index contributed by atoms with van der Waals surface area (Å²) in [4.78, 5) is 24.3. The van der Waals surface area contributed by atoms with Crippen LogP contribution in [0.2, 0.25) is 0 Å². The molecule has 5 heterocycles. The second-order valence-corrected chi connectivity index (χ2v) is 23.4. The van der Waals surface area contributed by atoms with Crippen molar-refractivity contribution in [2.24, 2.45) is 33.5 Å². The van der Waals surface area contributed by atoms with Crippen LogP contribution in [0.4, 0.5) is 0 Å². The number of fused-ring (bicyclic) bond motifs is 5. The zero-order valence-corrected chi connectivity index (χ0v) is 42.4. The second kappa shape index (κ2) is 19.9. The second-order valence-electron chi connectivity index (χ2n) is 23.4. The fraction of sp³-hybridized carbons (Fsp3) is 0.922. The first-order valence-electron chi connectivity index (χ1n) is 26.1. The number of carbonyl (C=O) groups is 2. The summed E-state index contributed by atoms with van der Waals surface area (Å²) in [5.74, 6) is -0.862. The Balaban J connectivity index is 0.769. The monoisotopic (exact) mass is 1010 g/mol. The minimum absolute atomic E-state index is 0.00807. The smallest absolute Gasteiger partial charge is 0.331 e. The Kier molecular flexibility index (Phi) is 15.1. The Labute approximate surface area is 415 Å². The van der Waals surface area contributed by atoms with Crippen LogP contribution in [0.15, 0.2) is 11.6 Å². The first-order chi connectivity index (χ1) is 33.4. The van der Waals surface area contributed by atoms with Crippen molar-refractivity contribution in [3.05, 3.63) is 11.6 Å². The number of aliphatic hydroxyl groups excluding tert-OH is 7. The Morgan fingerprint density at radius 1 is 0.704 bits per heavy atom. The lowest BCUT2D eigenvalue weighted by Crippen LogP contribution is -2.75. The summed E-state index contributed by atoms with van der Waals surface area (Å²) >= 11 is 0. The third-order valence-electron chi connectivity index (χ3n) is 20.0. The van der Waals surface area contributed by atoms with Crippen LogP contribution < -0.4 is 0 Å². The van der Waals surface area contributed by atoms with E-state index in [0.717, 1.165) is 37.7 Å². The molecule has 5 aliphatic heterocycles. The molecular formula is C51H80O20. The van der Waals surface area contributed by atoms with Crippen LogP contribution in [-0.4, -0.2) is 188 Å². The van der Waals surface area contributed by atoms with Gasteiger partial charge in [0.2, 0.25) is 0 Å². The molecule has 0 radical (unpaired) electrons. The van der Waals surface area contributed by atoms with E-state index < -0.39 is 140 Å². The van der Waals surface area contributed by atoms with Gasteiger partial charge < -0.3 is 88.2 Å². The quantitative estimate of drug-likeness (QED) is 0.107. The number of carbonyl (C=O) groups excluding carboxylic acids is 2. The fourth-order valence-corrected chi connectivity index (χ4v) is 15.6. The molecular weight excluding hydrogens is 933 g/mol. The molecule has 0 aromatic heterocycles. The highest BCUT2D eigenvalue weighted by atomic mass is 16.8. The molecule has 20 nitrogen and oxygen atoms in total. The van der Waals surface area contributed by atoms with Crippen LogP contribution in [0.5, 0.6) is 0 Å². The van der Waals surface area contributed by atoms with Gasteiger partial charge in [-0.15, -0.1) is 0 Å². The highest BCUT2D eigenvalue weighted by molar-refractivity contribution is 5.85. The molecule has 4 saturated carbocycles. The van der Waals surface area contributed by atoms with E-state index in [1.165, 1.54) is 6.92 Å². The van der Waals surface area contributed by atoms with E-state index in [1.807, 2.05) is 13.8 Å². The molecule has 0 aromatic carbocycles. The van der Waals surface area contributed by atoms with Crippen LogP contribution in [0.25, 0.3) is 0 Å². The normalized spacial score (nSPS) is 54.3. The lowest BCUT2D eigenvalue weighted by molar-refractivity contribution is -0.355. The summed E-state index contributed by atoms with van der Waals surface area (Å²) in [5.41, 5.74) is -2.16. The SMILES string of the molecule is CC(=O)O[C@@H]1CC(O[C@@H]2C(C)OC(O[C@@H]3C(C)OC(OC4CC[C@@]5(C)[C@H](CC[C@]6(C)[C@]5(C)C[C@@H](O)[C@]5(C)[C@@H](C7=CC(=O)OC7)CC[C@@]56O)C4)C[C@H]3O)C[C@H]2O)OC(C)[C@H]1OC1OC(CO)[C@@H](O)[C@@H](O)[C@@H]1O. The maximum Gasteiger partial charge on any atom is 0.331 e. The van der Waals surface area contributed by atoms with Crippen molar-refractivity contribution in [1.29, 1.82) is 0 Å². The first-order valence-corrected chi connectivity index (χ1v) is 26.1. The van der Waals surface area contributed by atoms with Crippen molar-refractivity contribution in [3.63, 3.8) is 0 Å². The first kappa shape index (κ1) is 53.9. The molecule has 26 atom stereocenters. The van der Waals surface area contributed by atoms with Crippen molar-refractivity contribution >= 4 is 11.9 Å². The van der Waals surface area contributed by atoms with E-state index in [-0.39, 0.29) is 60.6 Å². The molecule has 9 unspecified atom stereocenters. The topological polar surface area (TPSA) is 288 Å². The zero-order valence-electron chi connectivity index (χ0n) is 42.4. The highest BCUT2D eigenvalue weighted by Gasteiger charge is 2.79. The molecule has 20 heteroatoms. The number of cyclic esters (lactones) is 1. The summed E-state index contributed by atoms with van der Waals surface area (Å²) in [7, 11) is 0. The molecule has 4 aliphatic carbocycles. The van der Waals surface area contributed by atoms with Gasteiger partial charge in [-0.2, -0.15) is 0 Å². The Morgan fingerprint density at radius 2 is 1.31 bits per heavy atom. The molecule has 8 fully saturated rings. The average molecular weight is 1010 g/mol. The van der Waals surface area contributed by atoms with Gasteiger partial charge in [0.15, 0.2) is 25.2 Å². The molecule has 9 rings (SSSR count). The van der Waals surface area contributed by atoms with Crippen molar-refractivity contribution in [2.75, 3.05) is 13.2 Å². The molecule has 4 saturated heterocycles. The molecule has 71 heavy (non-hydrogen) atoms. The van der Waals surface area contributed by atoms with Gasteiger partial charge in [-0.3, -0.25) is 4.79 Å². The van der Waals surface area contributed by atoms with Gasteiger partial charge in [0.25, 0.3) is 0 Å². The minimum atomic E-state index is -1.69. The van der Waals surface area contributed by atoms with Crippen LogP contribution in [0.1, 0.15) is 126 Å². The predicted octanol–water partition coefficient (Wildman–Crippen LogP) is 1.39. The number of esters is 2. The van der Waals surface area contributed by atoms with Gasteiger partial charge in [0, 0.05) is 43.1 Å². The lowest BCUT2D eigenvalue weighted by atomic mass is 9.31. The molecule has 8 N–H and O–H groups in total. The van der Waals surface area contributed by atoms with Gasteiger partial charge in [-0.1, -0.05) is 27.7 Å². The molecule has 0 spiro atoms. The van der Waals surface area contributed by atoms with E-state index in [9.17, 15) is 50.4 Å². The number of hydrogen-bond acceptors (Lipinski definition) is 20. The summed E-state index contributed by atoms with van der Waals surface area (Å²) in [6, 6.07) is 0. The minimum Gasteiger partial charge on any atom is -0.459 e. The van der Waals surface area contributed by atoms with E-state index in [0.29, 0.717) is 19.3 Å². The third kappa shape index (κ3) is 8.95. The van der Waals surface area contributed by atoms with E-state index in [2.05, 4.69) is 20.8 Å². The number of hydrogen-bond donors (Lipinski definition) is 8. The number of rotatable bonds is 11. The van der Waals surface area contributed by atoms with Crippen LogP contribution >= 0.6 is 0 Å². The lowest BCUT2D eigenvalue weighted by Gasteiger charge is -2.74. The predicted molar refractivity (Wildman–Crippen MR) is 244 cm³/mol. The van der Waals surface area contributed by atoms with Gasteiger partial charge in [-0.25, -0.2) is 4.79 Å². The Bertz CT molecular complexity index is 1950. The van der Waals surface area contributed by atoms with Crippen LogP contribution in [0.3, 0.4) is 0 Å².